The van der Waals surface area contributed by atoms with E-state index in [2.05, 4.69) is 16.0 Å². The van der Waals surface area contributed by atoms with Gasteiger partial charge in [0.1, 0.15) is 36.6 Å². The van der Waals surface area contributed by atoms with Gasteiger partial charge in [-0.1, -0.05) is 57.0 Å². The molecule has 2 aliphatic heterocycles. The molecule has 1 unspecified atom stereocenters. The smallest absolute Gasteiger partial charge is 0.246 e. The Morgan fingerprint density at radius 2 is 1.76 bits per heavy atom. The van der Waals surface area contributed by atoms with Crippen molar-refractivity contribution in [2.75, 3.05) is 33.7 Å². The molecule has 1 aromatic carbocycles. The number of hydrogen-bond donors (Lipinski definition) is 3. The fourth-order valence-electron chi connectivity index (χ4n) is 5.78. The maximum absolute atomic E-state index is 14.0. The third-order valence-electron chi connectivity index (χ3n) is 8.92. The van der Waals surface area contributed by atoms with Gasteiger partial charge in [0.25, 0.3) is 0 Å². The van der Waals surface area contributed by atoms with Gasteiger partial charge in [-0.2, -0.15) is 0 Å². The predicted octanol–water partition coefficient (Wildman–Crippen LogP) is 2.28. The predicted molar refractivity (Wildman–Crippen MR) is 171 cm³/mol. The topological polar surface area (TPSA) is 152 Å². The minimum Gasteiger partial charge on any atom is -0.382 e. The largest absolute Gasteiger partial charge is 0.382 e. The monoisotopic (exact) mass is 644 g/mol. The number of methoxy groups -OCH3 is 1. The molecule has 12 heteroatoms. The number of hydrogen-bond acceptors (Lipinski definition) is 8. The first-order chi connectivity index (χ1) is 22.0. The highest BCUT2D eigenvalue weighted by Crippen LogP contribution is 2.26. The van der Waals surface area contributed by atoms with Crippen molar-refractivity contribution in [2.45, 2.75) is 109 Å². The Kier molecular flexibility index (Phi) is 14.6. The number of Topliss-reactive ketones (excluding diaryl/α,β-unsaturated/α-hetero) is 1. The Morgan fingerprint density at radius 3 is 2.46 bits per heavy atom. The Morgan fingerprint density at radius 1 is 1.02 bits per heavy atom. The molecule has 3 N–H and O–H groups in total. The molecule has 0 spiro atoms. The third kappa shape index (κ3) is 10.6. The molecule has 3 rings (SSSR count). The number of rotatable bonds is 16. The summed E-state index contributed by atoms with van der Waals surface area (Å²) in [6.07, 6.45) is 2.86. The summed E-state index contributed by atoms with van der Waals surface area (Å²) in [5, 5.41) is 8.70. The molecule has 0 aromatic heterocycles. The van der Waals surface area contributed by atoms with Crippen LogP contribution in [0.25, 0.3) is 0 Å². The van der Waals surface area contributed by atoms with E-state index in [9.17, 15) is 24.0 Å². The second-order valence-electron chi connectivity index (χ2n) is 12.7. The maximum Gasteiger partial charge on any atom is 0.246 e. The zero-order valence-corrected chi connectivity index (χ0v) is 28.0. The van der Waals surface area contributed by atoms with Crippen molar-refractivity contribution in [3.63, 3.8) is 0 Å². The molecule has 1 aromatic rings. The first kappa shape index (κ1) is 37.1. The van der Waals surface area contributed by atoms with Crippen molar-refractivity contribution >= 4 is 29.4 Å². The fourth-order valence-corrected chi connectivity index (χ4v) is 5.78. The number of unbranched alkanes of at least 4 members (excludes halogenated alkanes) is 2. The highest BCUT2D eigenvalue weighted by atomic mass is 16.7. The molecule has 0 bridgehead atoms. The molecule has 0 radical (unpaired) electrons. The number of ketones is 1. The van der Waals surface area contributed by atoms with Gasteiger partial charge in [-0.15, -0.1) is 0 Å². The third-order valence-corrected chi connectivity index (χ3v) is 8.92. The summed E-state index contributed by atoms with van der Waals surface area (Å²) < 4.78 is 15.6. The second kappa shape index (κ2) is 18.1. The number of ether oxygens (including phenoxy) is 3. The van der Waals surface area contributed by atoms with Crippen LogP contribution in [0, 0.1) is 5.92 Å². The minimum atomic E-state index is -1.30. The summed E-state index contributed by atoms with van der Waals surface area (Å²) in [6, 6.07) is 6.86. The number of benzene rings is 1. The van der Waals surface area contributed by atoms with Gasteiger partial charge < -0.3 is 35.1 Å². The van der Waals surface area contributed by atoms with E-state index >= 15 is 0 Å². The standard InChI is InChI=1S/C34H52N4O8/c1-6-34(4)33(43)36-27(20-25-13-9-7-10-14-25)32(42)38-21-23(2)19-28(38)31(41)35-26(30(40)37-34)15-11-8-12-16-29(39)24(3)46-22-45-18-17-44-5/h7,9-10,13-14,23-24,26-28H,6,8,11-12,15-22H2,1-5H3,(H,35,41)(H,36,43)(H,37,40)/t23-,24?,26-,27-,28+,34+/m0/s1. The van der Waals surface area contributed by atoms with Gasteiger partial charge in [-0.3, -0.25) is 24.0 Å². The van der Waals surface area contributed by atoms with Crippen LogP contribution in [0.4, 0.5) is 0 Å². The van der Waals surface area contributed by atoms with E-state index in [1.807, 2.05) is 37.3 Å². The fraction of sp³-hybridized carbons (Fsp3) is 0.676. The van der Waals surface area contributed by atoms with Crippen LogP contribution in [0.2, 0.25) is 0 Å². The molecule has 2 aliphatic rings. The number of amides is 4. The van der Waals surface area contributed by atoms with Crippen LogP contribution in [-0.2, 0) is 44.6 Å². The molecule has 46 heavy (non-hydrogen) atoms. The van der Waals surface area contributed by atoms with Crippen LogP contribution in [0.5, 0.6) is 0 Å². The van der Waals surface area contributed by atoms with Crippen LogP contribution < -0.4 is 16.0 Å². The normalized spacial score (nSPS) is 26.3. The minimum absolute atomic E-state index is 0.0118. The van der Waals surface area contributed by atoms with E-state index in [4.69, 9.17) is 14.2 Å². The summed E-state index contributed by atoms with van der Waals surface area (Å²) in [5.41, 5.74) is -0.429. The lowest BCUT2D eigenvalue weighted by molar-refractivity contribution is -0.144. The van der Waals surface area contributed by atoms with Gasteiger partial charge in [-0.05, 0) is 51.0 Å². The van der Waals surface area contributed by atoms with Crippen molar-refractivity contribution in [1.29, 1.82) is 0 Å². The molecule has 2 fully saturated rings. The quantitative estimate of drug-likeness (QED) is 0.183. The van der Waals surface area contributed by atoms with Crippen molar-refractivity contribution < 1.29 is 38.2 Å². The van der Waals surface area contributed by atoms with Crippen LogP contribution in [0.15, 0.2) is 30.3 Å². The average Bonchev–Trinajstić information content (AvgIpc) is 3.44. The molecule has 0 saturated carbocycles. The molecule has 256 valence electrons. The highest BCUT2D eigenvalue weighted by molar-refractivity contribution is 5.99. The lowest BCUT2D eigenvalue weighted by Gasteiger charge is -2.36. The summed E-state index contributed by atoms with van der Waals surface area (Å²) in [4.78, 5) is 69.0. The molecule has 4 amide bonds. The van der Waals surface area contributed by atoms with Crippen molar-refractivity contribution in [2.24, 2.45) is 5.92 Å². The molecule has 2 heterocycles. The summed E-state index contributed by atoms with van der Waals surface area (Å²) >= 11 is 0. The maximum atomic E-state index is 14.0. The molecular formula is C34H52N4O8. The van der Waals surface area contributed by atoms with E-state index in [1.54, 1.807) is 32.8 Å². The molecule has 0 aliphatic carbocycles. The molecule has 12 nitrogen and oxygen atoms in total. The number of carbonyl (C=O) groups excluding carboxylic acids is 5. The SMILES string of the molecule is CC[C@@]1(C)NC(=O)[C@H](CCCCCC(=O)C(C)OCOCCOC)NC(=O)[C@H]2C[C@H](C)CN2C(=O)[C@H](Cc2ccccc2)NC1=O. The Balaban J connectivity index is 1.68. The Hall–Kier alpha value is -3.35. The van der Waals surface area contributed by atoms with E-state index in [-0.39, 0.29) is 43.2 Å². The van der Waals surface area contributed by atoms with Gasteiger partial charge in [0, 0.05) is 26.5 Å². The summed E-state index contributed by atoms with van der Waals surface area (Å²) in [5.74, 6) is -1.56. The molecule has 2 saturated heterocycles. The van der Waals surface area contributed by atoms with Gasteiger partial charge in [0.2, 0.25) is 23.6 Å². The van der Waals surface area contributed by atoms with Crippen LogP contribution in [-0.4, -0.2) is 97.7 Å². The van der Waals surface area contributed by atoms with Gasteiger partial charge >= 0.3 is 0 Å². The Bertz CT molecular complexity index is 1180. The van der Waals surface area contributed by atoms with Crippen LogP contribution >= 0.6 is 0 Å². The number of carbonyl (C=O) groups is 5. The zero-order chi connectivity index (χ0) is 33.7. The molecular weight excluding hydrogens is 592 g/mol. The van der Waals surface area contributed by atoms with Gasteiger partial charge in [0.05, 0.1) is 13.2 Å². The number of nitrogens with one attached hydrogen (secondary N) is 3. The lowest BCUT2D eigenvalue weighted by Crippen LogP contribution is -2.65. The lowest BCUT2D eigenvalue weighted by atomic mass is 9.94. The molecule has 6 atom stereocenters. The van der Waals surface area contributed by atoms with Crippen LogP contribution in [0.1, 0.15) is 78.2 Å². The van der Waals surface area contributed by atoms with E-state index in [1.165, 1.54) is 0 Å². The summed E-state index contributed by atoms with van der Waals surface area (Å²) in [6.45, 7) is 8.32. The number of nitrogens with zero attached hydrogens (tertiary/aromatic N) is 1. The van der Waals surface area contributed by atoms with Crippen molar-refractivity contribution in [1.82, 2.24) is 20.9 Å². The van der Waals surface area contributed by atoms with E-state index in [0.29, 0.717) is 58.3 Å². The van der Waals surface area contributed by atoms with E-state index < -0.39 is 41.6 Å². The zero-order valence-electron chi connectivity index (χ0n) is 28.0. The van der Waals surface area contributed by atoms with Gasteiger partial charge in [-0.25, -0.2) is 0 Å². The van der Waals surface area contributed by atoms with Gasteiger partial charge in [0.15, 0.2) is 5.78 Å². The first-order valence-corrected chi connectivity index (χ1v) is 16.5. The van der Waals surface area contributed by atoms with Crippen LogP contribution in [0.3, 0.4) is 0 Å². The van der Waals surface area contributed by atoms with Crippen molar-refractivity contribution in [3.8, 4) is 0 Å². The number of fused-ring (bicyclic) bond motifs is 1. The Labute approximate surface area is 272 Å². The summed E-state index contributed by atoms with van der Waals surface area (Å²) in [7, 11) is 1.58. The highest BCUT2D eigenvalue weighted by Gasteiger charge is 2.44. The average molecular weight is 645 g/mol. The van der Waals surface area contributed by atoms with Crippen molar-refractivity contribution in [3.05, 3.63) is 35.9 Å². The van der Waals surface area contributed by atoms with E-state index in [0.717, 1.165) is 5.56 Å². The second-order valence-corrected chi connectivity index (χ2v) is 12.7. The first-order valence-electron chi connectivity index (χ1n) is 16.5.